The number of ether oxygens (including phenoxy) is 3. The molecule has 0 fully saturated rings. The van der Waals surface area contributed by atoms with Crippen LogP contribution in [0.4, 0.5) is 14.6 Å². The number of anilines is 1. The Morgan fingerprint density at radius 3 is 2.31 bits per heavy atom. The quantitative estimate of drug-likeness (QED) is 0.436. The van der Waals surface area contributed by atoms with E-state index in [1.165, 1.54) is 32.4 Å². The average molecular weight is 439 g/mol. The fourth-order valence-electron chi connectivity index (χ4n) is 3.12. The Kier molecular flexibility index (Phi) is 5.89. The van der Waals surface area contributed by atoms with Gasteiger partial charge in [0.05, 0.1) is 25.3 Å². The van der Waals surface area contributed by atoms with Crippen LogP contribution in [-0.2, 0) is 6.61 Å². The van der Waals surface area contributed by atoms with Crippen molar-refractivity contribution in [2.75, 3.05) is 19.5 Å². The minimum absolute atomic E-state index is 0.166. The number of carbonyl (C=O) groups excluding carboxylic acids is 1. The van der Waals surface area contributed by atoms with Crippen molar-refractivity contribution in [1.82, 2.24) is 10.2 Å². The van der Waals surface area contributed by atoms with Gasteiger partial charge in [-0.1, -0.05) is 6.07 Å². The standard InChI is InChI=1S/C23H19F2N3O4/c1-30-15-8-13(9-16(10-15)31-2)23(29)26-22-17-11-14(6-7-21(17)27-28-22)32-12-18-19(24)4-3-5-20(18)25/h3-11H,12H2,1-2H3,(H2,26,27,28,29). The topological polar surface area (TPSA) is 85.5 Å². The highest BCUT2D eigenvalue weighted by Gasteiger charge is 2.15. The summed E-state index contributed by atoms with van der Waals surface area (Å²) in [6.45, 7) is -0.285. The van der Waals surface area contributed by atoms with Gasteiger partial charge in [-0.25, -0.2) is 8.78 Å². The second kappa shape index (κ2) is 8.93. The first-order valence-corrected chi connectivity index (χ1v) is 9.56. The molecule has 0 aliphatic rings. The Bertz CT molecular complexity index is 1250. The number of hydrogen-bond donors (Lipinski definition) is 2. The minimum atomic E-state index is -0.684. The first-order chi connectivity index (χ1) is 15.5. The van der Waals surface area contributed by atoms with Crippen molar-refractivity contribution in [3.63, 3.8) is 0 Å². The number of halogens is 2. The zero-order valence-corrected chi connectivity index (χ0v) is 17.2. The largest absolute Gasteiger partial charge is 0.497 e. The molecule has 1 heterocycles. The summed E-state index contributed by atoms with van der Waals surface area (Å²) in [5, 5.41) is 10.3. The summed E-state index contributed by atoms with van der Waals surface area (Å²) in [5.74, 6) is -0.216. The van der Waals surface area contributed by atoms with Gasteiger partial charge in [-0.05, 0) is 42.5 Å². The summed E-state index contributed by atoms with van der Waals surface area (Å²) in [6, 6.07) is 13.4. The highest BCUT2D eigenvalue weighted by molar-refractivity contribution is 6.08. The molecule has 32 heavy (non-hydrogen) atoms. The zero-order chi connectivity index (χ0) is 22.7. The molecule has 0 bridgehead atoms. The normalized spacial score (nSPS) is 10.8. The number of aromatic nitrogens is 2. The third-order valence-electron chi connectivity index (χ3n) is 4.82. The Morgan fingerprint density at radius 2 is 1.66 bits per heavy atom. The van der Waals surface area contributed by atoms with Gasteiger partial charge in [-0.2, -0.15) is 5.10 Å². The van der Waals surface area contributed by atoms with Gasteiger partial charge >= 0.3 is 0 Å². The lowest BCUT2D eigenvalue weighted by Gasteiger charge is -2.09. The molecule has 0 unspecified atom stereocenters. The van der Waals surface area contributed by atoms with Gasteiger partial charge < -0.3 is 19.5 Å². The SMILES string of the molecule is COc1cc(OC)cc(C(=O)Nc2n[nH]c3ccc(OCc4c(F)cccc4F)cc23)c1. The molecule has 0 aliphatic carbocycles. The molecule has 2 N–H and O–H groups in total. The number of rotatable bonds is 7. The number of fused-ring (bicyclic) bond motifs is 1. The maximum atomic E-state index is 13.8. The summed E-state index contributed by atoms with van der Waals surface area (Å²) >= 11 is 0. The number of H-pyrrole nitrogens is 1. The maximum absolute atomic E-state index is 13.8. The van der Waals surface area contributed by atoms with Crippen LogP contribution >= 0.6 is 0 Å². The molecule has 0 aliphatic heterocycles. The fraction of sp³-hybridized carbons (Fsp3) is 0.130. The predicted octanol–water partition coefficient (Wildman–Crippen LogP) is 4.69. The highest BCUT2D eigenvalue weighted by Crippen LogP contribution is 2.28. The number of methoxy groups -OCH3 is 2. The second-order valence-corrected chi connectivity index (χ2v) is 6.82. The van der Waals surface area contributed by atoms with Crippen molar-refractivity contribution in [3.8, 4) is 17.2 Å². The summed E-state index contributed by atoms with van der Waals surface area (Å²) in [4.78, 5) is 12.8. The zero-order valence-electron chi connectivity index (χ0n) is 17.2. The van der Waals surface area contributed by atoms with Gasteiger partial charge in [0.25, 0.3) is 5.91 Å². The molecule has 0 atom stereocenters. The van der Waals surface area contributed by atoms with Gasteiger partial charge in [0.2, 0.25) is 0 Å². The summed E-state index contributed by atoms with van der Waals surface area (Å²) < 4.78 is 43.6. The molecule has 1 aromatic heterocycles. The van der Waals surface area contributed by atoms with Crippen LogP contribution in [0.25, 0.3) is 10.9 Å². The summed E-state index contributed by atoms with van der Waals surface area (Å²) in [6.07, 6.45) is 0. The van der Waals surface area contributed by atoms with Gasteiger partial charge in [-0.3, -0.25) is 9.89 Å². The van der Waals surface area contributed by atoms with Crippen LogP contribution in [0.2, 0.25) is 0 Å². The molecule has 0 saturated heterocycles. The van der Waals surface area contributed by atoms with Crippen LogP contribution in [0.5, 0.6) is 17.2 Å². The smallest absolute Gasteiger partial charge is 0.257 e. The lowest BCUT2D eigenvalue weighted by Crippen LogP contribution is -2.12. The molecular formula is C23H19F2N3O4. The Balaban J connectivity index is 1.56. The first-order valence-electron chi connectivity index (χ1n) is 9.56. The average Bonchev–Trinajstić information content (AvgIpc) is 3.20. The van der Waals surface area contributed by atoms with E-state index in [2.05, 4.69) is 15.5 Å². The number of nitrogens with one attached hydrogen (secondary N) is 2. The molecule has 4 rings (SSSR count). The van der Waals surface area contributed by atoms with Crippen molar-refractivity contribution < 1.29 is 27.8 Å². The number of hydrogen-bond acceptors (Lipinski definition) is 5. The molecule has 1 amide bonds. The molecule has 7 nitrogen and oxygen atoms in total. The lowest BCUT2D eigenvalue weighted by atomic mass is 10.1. The Morgan fingerprint density at radius 1 is 0.969 bits per heavy atom. The number of carbonyl (C=O) groups is 1. The summed E-state index contributed by atoms with van der Waals surface area (Å²) in [5.41, 5.74) is 0.799. The Hall–Kier alpha value is -4.14. The van der Waals surface area contributed by atoms with Crippen LogP contribution in [0, 0.1) is 11.6 Å². The van der Waals surface area contributed by atoms with Gasteiger partial charge in [0, 0.05) is 17.0 Å². The number of nitrogens with zero attached hydrogens (tertiary/aromatic N) is 1. The van der Waals surface area contributed by atoms with E-state index in [9.17, 15) is 13.6 Å². The third kappa shape index (κ3) is 4.31. The van der Waals surface area contributed by atoms with Crippen LogP contribution in [0.1, 0.15) is 15.9 Å². The molecule has 0 radical (unpaired) electrons. The van der Waals surface area contributed by atoms with Gasteiger partial charge in [0.15, 0.2) is 5.82 Å². The van der Waals surface area contributed by atoms with Gasteiger partial charge in [-0.15, -0.1) is 0 Å². The van der Waals surface area contributed by atoms with Crippen molar-refractivity contribution in [3.05, 3.63) is 77.4 Å². The van der Waals surface area contributed by atoms with Crippen LogP contribution in [-0.4, -0.2) is 30.3 Å². The van der Waals surface area contributed by atoms with E-state index in [1.807, 2.05) is 0 Å². The number of aromatic amines is 1. The van der Waals surface area contributed by atoms with E-state index >= 15 is 0 Å². The molecule has 164 valence electrons. The predicted molar refractivity (Wildman–Crippen MR) is 114 cm³/mol. The second-order valence-electron chi connectivity index (χ2n) is 6.82. The summed E-state index contributed by atoms with van der Waals surface area (Å²) in [7, 11) is 2.98. The van der Waals surface area contributed by atoms with Crippen molar-refractivity contribution in [2.24, 2.45) is 0 Å². The number of benzene rings is 3. The maximum Gasteiger partial charge on any atom is 0.257 e. The van der Waals surface area contributed by atoms with Crippen LogP contribution < -0.4 is 19.5 Å². The molecular weight excluding hydrogens is 420 g/mol. The van der Waals surface area contributed by atoms with Crippen LogP contribution in [0.15, 0.2) is 54.6 Å². The molecule has 4 aromatic rings. The van der Waals surface area contributed by atoms with Crippen LogP contribution in [0.3, 0.4) is 0 Å². The number of amides is 1. The molecule has 0 saturated carbocycles. The molecule has 0 spiro atoms. The molecule has 9 heteroatoms. The van der Waals surface area contributed by atoms with Crippen molar-refractivity contribution in [1.29, 1.82) is 0 Å². The lowest BCUT2D eigenvalue weighted by molar-refractivity contribution is 0.102. The van der Waals surface area contributed by atoms with E-state index < -0.39 is 17.5 Å². The third-order valence-corrected chi connectivity index (χ3v) is 4.82. The van der Waals surface area contributed by atoms with Gasteiger partial charge in [0.1, 0.15) is 35.5 Å². The monoisotopic (exact) mass is 439 g/mol. The van der Waals surface area contributed by atoms with E-state index in [4.69, 9.17) is 14.2 Å². The fourth-order valence-corrected chi connectivity index (χ4v) is 3.12. The minimum Gasteiger partial charge on any atom is -0.497 e. The van der Waals surface area contributed by atoms with Crippen molar-refractivity contribution in [2.45, 2.75) is 6.61 Å². The Labute approximate surface area is 181 Å². The van der Waals surface area contributed by atoms with E-state index in [0.29, 0.717) is 33.7 Å². The highest BCUT2D eigenvalue weighted by atomic mass is 19.1. The van der Waals surface area contributed by atoms with Crippen molar-refractivity contribution >= 4 is 22.6 Å². The van der Waals surface area contributed by atoms with E-state index in [0.717, 1.165) is 0 Å². The van der Waals surface area contributed by atoms with E-state index in [-0.39, 0.29) is 18.0 Å². The first kappa shape index (κ1) is 21.1. The van der Waals surface area contributed by atoms with E-state index in [1.54, 1.807) is 36.4 Å². The molecule has 3 aromatic carbocycles.